The van der Waals surface area contributed by atoms with Crippen LogP contribution in [0.5, 0.6) is 0 Å². The molecular formula is C9H11NO. The first-order valence-corrected chi connectivity index (χ1v) is 3.46. The maximum Gasteiger partial charge on any atom is 0.141 e. The van der Waals surface area contributed by atoms with Crippen molar-refractivity contribution in [2.45, 2.75) is 6.92 Å². The Morgan fingerprint density at radius 2 is 2.36 bits per heavy atom. The number of nitrogens with two attached hydrogens (primary N) is 1. The Bertz CT molecular complexity index is 261. The van der Waals surface area contributed by atoms with Gasteiger partial charge >= 0.3 is 0 Å². The zero-order valence-electron chi connectivity index (χ0n) is 6.50. The number of Topliss-reactive ketones (excluding diaryl/α,β-unsaturated/α-hetero) is 1. The molecule has 0 heterocycles. The van der Waals surface area contributed by atoms with Crippen LogP contribution < -0.4 is 5.73 Å². The van der Waals surface area contributed by atoms with Gasteiger partial charge in [0, 0.05) is 5.70 Å². The Kier molecular flexibility index (Phi) is 1.94. The molecule has 2 N–H and O–H groups in total. The highest BCUT2D eigenvalue weighted by Crippen LogP contribution is 2.20. The minimum atomic E-state index is -0.208. The van der Waals surface area contributed by atoms with Crippen molar-refractivity contribution in [2.75, 3.05) is 0 Å². The summed E-state index contributed by atoms with van der Waals surface area (Å²) in [6.45, 7) is 5.27. The number of carbonyl (C=O) groups excluding carboxylic acids is 1. The molecule has 11 heavy (non-hydrogen) atoms. The molecule has 0 aromatic heterocycles. The van der Waals surface area contributed by atoms with Crippen molar-refractivity contribution in [3.05, 3.63) is 36.1 Å². The van der Waals surface area contributed by atoms with Crippen molar-refractivity contribution in [2.24, 2.45) is 11.7 Å². The zero-order chi connectivity index (χ0) is 8.43. The van der Waals surface area contributed by atoms with Gasteiger partial charge in [0.15, 0.2) is 0 Å². The maximum absolute atomic E-state index is 11.0. The largest absolute Gasteiger partial charge is 0.398 e. The van der Waals surface area contributed by atoms with Gasteiger partial charge in [-0.3, -0.25) is 4.79 Å². The van der Waals surface area contributed by atoms with Gasteiger partial charge in [-0.25, -0.2) is 0 Å². The molecule has 1 rings (SSSR count). The highest BCUT2D eigenvalue weighted by Gasteiger charge is 2.17. The Labute approximate surface area is 66.1 Å². The molecule has 0 aliphatic heterocycles. The Morgan fingerprint density at radius 3 is 2.82 bits per heavy atom. The van der Waals surface area contributed by atoms with Crippen LogP contribution in [-0.4, -0.2) is 5.78 Å². The molecule has 0 amide bonds. The van der Waals surface area contributed by atoms with Crippen molar-refractivity contribution >= 4 is 5.78 Å². The first-order chi connectivity index (χ1) is 5.13. The van der Waals surface area contributed by atoms with E-state index >= 15 is 0 Å². The SMILES string of the molecule is C=C1C(N)=CC=CC1C(C)=O. The van der Waals surface area contributed by atoms with Gasteiger partial charge in [0.05, 0.1) is 5.92 Å². The second-order valence-corrected chi connectivity index (χ2v) is 2.62. The number of allylic oxidation sites excluding steroid dienone is 4. The first-order valence-electron chi connectivity index (χ1n) is 3.46. The molecule has 1 aliphatic carbocycles. The normalized spacial score (nSPS) is 23.2. The minimum Gasteiger partial charge on any atom is -0.398 e. The van der Waals surface area contributed by atoms with E-state index in [1.54, 1.807) is 25.2 Å². The Morgan fingerprint density at radius 1 is 1.73 bits per heavy atom. The molecular weight excluding hydrogens is 138 g/mol. The van der Waals surface area contributed by atoms with Crippen molar-refractivity contribution in [1.82, 2.24) is 0 Å². The number of carbonyl (C=O) groups is 1. The fourth-order valence-corrected chi connectivity index (χ4v) is 1.05. The lowest BCUT2D eigenvalue weighted by atomic mass is 9.90. The molecule has 0 spiro atoms. The first kappa shape index (κ1) is 7.79. The lowest BCUT2D eigenvalue weighted by Gasteiger charge is -2.15. The van der Waals surface area contributed by atoms with E-state index in [1.807, 2.05) is 0 Å². The molecule has 0 bridgehead atoms. The summed E-state index contributed by atoms with van der Waals surface area (Å²) in [6.07, 6.45) is 5.35. The number of hydrogen-bond donors (Lipinski definition) is 1. The quantitative estimate of drug-likeness (QED) is 0.608. The van der Waals surface area contributed by atoms with Crippen LogP contribution in [0, 0.1) is 5.92 Å². The predicted octanol–water partition coefficient (Wildman–Crippen LogP) is 1.16. The van der Waals surface area contributed by atoms with Crippen LogP contribution in [0.4, 0.5) is 0 Å². The summed E-state index contributed by atoms with van der Waals surface area (Å²) in [7, 11) is 0. The molecule has 0 fully saturated rings. The molecule has 1 aliphatic rings. The number of hydrogen-bond acceptors (Lipinski definition) is 2. The summed E-state index contributed by atoms with van der Waals surface area (Å²) in [6, 6.07) is 0. The van der Waals surface area contributed by atoms with E-state index in [1.165, 1.54) is 0 Å². The third-order valence-electron chi connectivity index (χ3n) is 1.76. The molecule has 0 radical (unpaired) electrons. The highest BCUT2D eigenvalue weighted by molar-refractivity contribution is 5.84. The third-order valence-corrected chi connectivity index (χ3v) is 1.76. The van der Waals surface area contributed by atoms with E-state index in [0.29, 0.717) is 11.3 Å². The Balaban J connectivity index is 2.90. The monoisotopic (exact) mass is 149 g/mol. The van der Waals surface area contributed by atoms with E-state index < -0.39 is 0 Å². The van der Waals surface area contributed by atoms with Crippen molar-refractivity contribution in [1.29, 1.82) is 0 Å². The summed E-state index contributed by atoms with van der Waals surface area (Å²) in [5.41, 5.74) is 6.88. The summed E-state index contributed by atoms with van der Waals surface area (Å²) < 4.78 is 0. The predicted molar refractivity (Wildman–Crippen MR) is 44.7 cm³/mol. The summed E-state index contributed by atoms with van der Waals surface area (Å²) in [4.78, 5) is 11.0. The molecule has 58 valence electrons. The third kappa shape index (κ3) is 1.40. The van der Waals surface area contributed by atoms with Gasteiger partial charge in [-0.1, -0.05) is 18.7 Å². The highest BCUT2D eigenvalue weighted by atomic mass is 16.1. The summed E-state index contributed by atoms with van der Waals surface area (Å²) >= 11 is 0. The zero-order valence-corrected chi connectivity index (χ0v) is 6.50. The van der Waals surface area contributed by atoms with E-state index in [0.717, 1.165) is 0 Å². The fourth-order valence-electron chi connectivity index (χ4n) is 1.05. The van der Waals surface area contributed by atoms with Gasteiger partial charge < -0.3 is 5.73 Å². The molecule has 1 atom stereocenters. The van der Waals surface area contributed by atoms with Gasteiger partial charge in [0.1, 0.15) is 5.78 Å². The van der Waals surface area contributed by atoms with Crippen molar-refractivity contribution in [3.63, 3.8) is 0 Å². The smallest absolute Gasteiger partial charge is 0.141 e. The Hall–Kier alpha value is -1.31. The second-order valence-electron chi connectivity index (χ2n) is 2.62. The number of ketones is 1. The van der Waals surface area contributed by atoms with Gasteiger partial charge in [0.2, 0.25) is 0 Å². The average molecular weight is 149 g/mol. The minimum absolute atomic E-state index is 0.0855. The van der Waals surface area contributed by atoms with Gasteiger partial charge in [0.25, 0.3) is 0 Å². The van der Waals surface area contributed by atoms with Gasteiger partial charge in [-0.2, -0.15) is 0 Å². The number of rotatable bonds is 1. The standard InChI is InChI=1S/C9H11NO/c1-6-8(7(2)11)4-3-5-9(6)10/h3-5,8H,1,10H2,2H3. The van der Waals surface area contributed by atoms with Crippen LogP contribution >= 0.6 is 0 Å². The lowest BCUT2D eigenvalue weighted by Crippen LogP contribution is -2.17. The fraction of sp³-hybridized carbons (Fsp3) is 0.222. The molecule has 0 aromatic carbocycles. The van der Waals surface area contributed by atoms with Crippen LogP contribution in [0.3, 0.4) is 0 Å². The van der Waals surface area contributed by atoms with E-state index in [9.17, 15) is 4.79 Å². The average Bonchev–Trinajstić information content (AvgIpc) is 1.94. The second kappa shape index (κ2) is 2.74. The maximum atomic E-state index is 11.0. The van der Waals surface area contributed by atoms with Crippen LogP contribution in [-0.2, 0) is 4.79 Å². The van der Waals surface area contributed by atoms with E-state index in [4.69, 9.17) is 5.73 Å². The molecule has 2 nitrogen and oxygen atoms in total. The lowest BCUT2D eigenvalue weighted by molar-refractivity contribution is -0.118. The van der Waals surface area contributed by atoms with Crippen molar-refractivity contribution < 1.29 is 4.79 Å². The van der Waals surface area contributed by atoms with E-state index in [-0.39, 0.29) is 11.7 Å². The van der Waals surface area contributed by atoms with Crippen LogP contribution in [0.1, 0.15) is 6.92 Å². The van der Waals surface area contributed by atoms with Crippen LogP contribution in [0.25, 0.3) is 0 Å². The summed E-state index contributed by atoms with van der Waals surface area (Å²) in [5, 5.41) is 0. The molecule has 1 unspecified atom stereocenters. The topological polar surface area (TPSA) is 43.1 Å². The van der Waals surface area contributed by atoms with Gasteiger partial charge in [-0.05, 0) is 18.6 Å². The summed E-state index contributed by atoms with van der Waals surface area (Å²) in [5.74, 6) is -0.123. The van der Waals surface area contributed by atoms with Gasteiger partial charge in [-0.15, -0.1) is 0 Å². The van der Waals surface area contributed by atoms with Crippen molar-refractivity contribution in [3.8, 4) is 0 Å². The van der Waals surface area contributed by atoms with E-state index in [2.05, 4.69) is 6.58 Å². The van der Waals surface area contributed by atoms with Crippen LogP contribution in [0.15, 0.2) is 36.1 Å². The molecule has 0 saturated heterocycles. The molecule has 0 aromatic rings. The van der Waals surface area contributed by atoms with Crippen LogP contribution in [0.2, 0.25) is 0 Å². The molecule has 2 heteroatoms. The molecule has 0 saturated carbocycles.